The number of benzene rings is 1. The van der Waals surface area contributed by atoms with Crippen LogP contribution in [0, 0.1) is 5.82 Å². The average molecular weight is 309 g/mol. The molecule has 0 saturated heterocycles. The highest BCUT2D eigenvalue weighted by Crippen LogP contribution is 2.30. The number of ether oxygens (including phenoxy) is 1. The number of halogens is 2. The molecule has 0 aliphatic heterocycles. The minimum atomic E-state index is -0.564. The molecule has 0 fully saturated rings. The van der Waals surface area contributed by atoms with Crippen LogP contribution in [0.2, 0.25) is 5.02 Å². The van der Waals surface area contributed by atoms with Gasteiger partial charge in [0.1, 0.15) is 5.75 Å². The van der Waals surface area contributed by atoms with Gasteiger partial charge < -0.3 is 10.1 Å². The van der Waals surface area contributed by atoms with Crippen molar-refractivity contribution in [3.63, 3.8) is 0 Å². The third-order valence-corrected chi connectivity index (χ3v) is 3.10. The Kier molecular flexibility index (Phi) is 4.80. The minimum Gasteiger partial charge on any atom is -0.454 e. The molecule has 2 rings (SSSR count). The Morgan fingerprint density at radius 3 is 2.71 bits per heavy atom. The van der Waals surface area contributed by atoms with E-state index in [4.69, 9.17) is 16.3 Å². The number of nitrogens with zero attached hydrogens (tertiary/aromatic N) is 1. The van der Waals surface area contributed by atoms with Gasteiger partial charge in [-0.05, 0) is 39.0 Å². The molecule has 112 valence electrons. The highest BCUT2D eigenvalue weighted by atomic mass is 35.5. The van der Waals surface area contributed by atoms with Crippen LogP contribution in [0.5, 0.6) is 11.5 Å². The number of pyridine rings is 1. The molecule has 0 aliphatic rings. The molecule has 1 aromatic heterocycles. The Morgan fingerprint density at radius 1 is 1.24 bits per heavy atom. The van der Waals surface area contributed by atoms with E-state index in [1.807, 2.05) is 0 Å². The van der Waals surface area contributed by atoms with Gasteiger partial charge in [-0.3, -0.25) is 4.98 Å². The van der Waals surface area contributed by atoms with Crippen LogP contribution in [0.25, 0.3) is 0 Å². The van der Waals surface area contributed by atoms with Gasteiger partial charge in [0.05, 0.1) is 5.02 Å². The van der Waals surface area contributed by atoms with Gasteiger partial charge in [0.2, 0.25) is 0 Å². The van der Waals surface area contributed by atoms with E-state index >= 15 is 0 Å². The summed E-state index contributed by atoms with van der Waals surface area (Å²) in [6.07, 6.45) is 3.31. The third kappa shape index (κ3) is 4.41. The summed E-state index contributed by atoms with van der Waals surface area (Å²) in [5.41, 5.74) is 0.820. The third-order valence-electron chi connectivity index (χ3n) is 2.80. The molecule has 3 nitrogen and oxygen atoms in total. The monoisotopic (exact) mass is 308 g/mol. The van der Waals surface area contributed by atoms with Crippen molar-refractivity contribution in [1.82, 2.24) is 10.3 Å². The fraction of sp³-hybridized carbons (Fsp3) is 0.312. The molecule has 2 aromatic rings. The first-order valence-electron chi connectivity index (χ1n) is 6.66. The number of nitrogens with one attached hydrogen (secondary N) is 1. The highest BCUT2D eigenvalue weighted by molar-refractivity contribution is 6.30. The molecule has 0 unspecified atom stereocenters. The molecule has 1 N–H and O–H groups in total. The van der Waals surface area contributed by atoms with Gasteiger partial charge in [-0.15, -0.1) is 0 Å². The van der Waals surface area contributed by atoms with Gasteiger partial charge in [0, 0.05) is 30.0 Å². The maximum atomic E-state index is 13.9. The van der Waals surface area contributed by atoms with E-state index in [1.54, 1.807) is 30.6 Å². The van der Waals surface area contributed by atoms with Crippen LogP contribution in [-0.2, 0) is 6.54 Å². The van der Waals surface area contributed by atoms with Gasteiger partial charge in [-0.1, -0.05) is 17.7 Å². The molecule has 0 aliphatic carbocycles. The van der Waals surface area contributed by atoms with E-state index < -0.39 is 5.82 Å². The van der Waals surface area contributed by atoms with Gasteiger partial charge in [0.15, 0.2) is 11.6 Å². The Labute approximate surface area is 129 Å². The molecule has 0 atom stereocenters. The van der Waals surface area contributed by atoms with Crippen LogP contribution in [0.4, 0.5) is 4.39 Å². The second-order valence-corrected chi connectivity index (χ2v) is 6.15. The van der Waals surface area contributed by atoms with Crippen molar-refractivity contribution in [3.8, 4) is 11.5 Å². The predicted octanol–water partition coefficient (Wildman–Crippen LogP) is 4.55. The van der Waals surface area contributed by atoms with Crippen molar-refractivity contribution in [2.75, 3.05) is 0 Å². The van der Waals surface area contributed by atoms with Gasteiger partial charge in [-0.2, -0.15) is 0 Å². The Balaban J connectivity index is 2.22. The SMILES string of the molecule is CC(C)(C)NCc1cnccc1Oc1cccc(Cl)c1F. The van der Waals surface area contributed by atoms with Gasteiger partial charge in [-0.25, -0.2) is 4.39 Å². The molecular weight excluding hydrogens is 291 g/mol. The fourth-order valence-electron chi connectivity index (χ4n) is 1.69. The fourth-order valence-corrected chi connectivity index (χ4v) is 1.85. The lowest BCUT2D eigenvalue weighted by atomic mass is 10.1. The van der Waals surface area contributed by atoms with E-state index in [1.165, 1.54) is 6.07 Å². The van der Waals surface area contributed by atoms with E-state index in [-0.39, 0.29) is 16.3 Å². The quantitative estimate of drug-likeness (QED) is 0.899. The zero-order valence-electron chi connectivity index (χ0n) is 12.3. The summed E-state index contributed by atoms with van der Waals surface area (Å²) in [6.45, 7) is 6.79. The van der Waals surface area contributed by atoms with E-state index in [0.717, 1.165) is 5.56 Å². The zero-order valence-corrected chi connectivity index (χ0v) is 13.0. The molecule has 1 heterocycles. The largest absolute Gasteiger partial charge is 0.454 e. The predicted molar refractivity (Wildman–Crippen MR) is 82.3 cm³/mol. The summed E-state index contributed by atoms with van der Waals surface area (Å²) in [5.74, 6) is 0.0966. The molecular formula is C16H18ClFN2O. The van der Waals surface area contributed by atoms with Crippen molar-refractivity contribution >= 4 is 11.6 Å². The molecule has 0 radical (unpaired) electrons. The number of aromatic nitrogens is 1. The molecule has 0 amide bonds. The first-order valence-corrected chi connectivity index (χ1v) is 7.04. The second-order valence-electron chi connectivity index (χ2n) is 5.74. The topological polar surface area (TPSA) is 34.2 Å². The normalized spacial score (nSPS) is 11.5. The van der Waals surface area contributed by atoms with Crippen molar-refractivity contribution in [3.05, 3.63) is 53.1 Å². The zero-order chi connectivity index (χ0) is 15.5. The van der Waals surface area contributed by atoms with Crippen LogP contribution in [-0.4, -0.2) is 10.5 Å². The maximum absolute atomic E-state index is 13.9. The summed E-state index contributed by atoms with van der Waals surface area (Å²) in [7, 11) is 0. The second kappa shape index (κ2) is 6.41. The summed E-state index contributed by atoms with van der Waals surface area (Å²) in [4.78, 5) is 4.09. The average Bonchev–Trinajstić information content (AvgIpc) is 2.42. The lowest BCUT2D eigenvalue weighted by molar-refractivity contribution is 0.406. The number of hydrogen-bond acceptors (Lipinski definition) is 3. The molecule has 21 heavy (non-hydrogen) atoms. The number of rotatable bonds is 4. The van der Waals surface area contributed by atoms with E-state index in [2.05, 4.69) is 31.1 Å². The molecule has 5 heteroatoms. The van der Waals surface area contributed by atoms with Crippen molar-refractivity contribution in [2.24, 2.45) is 0 Å². The Bertz CT molecular complexity index is 626. The Hall–Kier alpha value is -1.65. The van der Waals surface area contributed by atoms with Crippen molar-refractivity contribution in [1.29, 1.82) is 0 Å². The smallest absolute Gasteiger partial charge is 0.184 e. The molecule has 0 bridgehead atoms. The summed E-state index contributed by atoms with van der Waals surface area (Å²) in [6, 6.07) is 6.38. The van der Waals surface area contributed by atoms with Crippen LogP contribution >= 0.6 is 11.6 Å². The summed E-state index contributed by atoms with van der Waals surface area (Å²) < 4.78 is 19.6. The molecule has 0 spiro atoms. The van der Waals surface area contributed by atoms with Crippen LogP contribution in [0.1, 0.15) is 26.3 Å². The van der Waals surface area contributed by atoms with Crippen LogP contribution in [0.15, 0.2) is 36.7 Å². The first-order chi connectivity index (χ1) is 9.87. The lowest BCUT2D eigenvalue weighted by Crippen LogP contribution is -2.35. The molecule has 0 saturated carbocycles. The first kappa shape index (κ1) is 15.7. The summed E-state index contributed by atoms with van der Waals surface area (Å²) >= 11 is 5.76. The van der Waals surface area contributed by atoms with E-state index in [9.17, 15) is 4.39 Å². The molecule has 1 aromatic carbocycles. The maximum Gasteiger partial charge on any atom is 0.184 e. The Morgan fingerprint density at radius 2 is 2.00 bits per heavy atom. The van der Waals surface area contributed by atoms with Crippen LogP contribution < -0.4 is 10.1 Å². The summed E-state index contributed by atoms with van der Waals surface area (Å²) in [5, 5.41) is 3.39. The lowest BCUT2D eigenvalue weighted by Gasteiger charge is -2.21. The van der Waals surface area contributed by atoms with Gasteiger partial charge >= 0.3 is 0 Å². The highest BCUT2D eigenvalue weighted by Gasteiger charge is 2.13. The number of hydrogen-bond donors (Lipinski definition) is 1. The van der Waals surface area contributed by atoms with Crippen LogP contribution in [0.3, 0.4) is 0 Å². The van der Waals surface area contributed by atoms with E-state index in [0.29, 0.717) is 12.3 Å². The minimum absolute atomic E-state index is 0.0333. The standard InChI is InChI=1S/C16H18ClFN2O/c1-16(2,3)20-10-11-9-19-8-7-13(11)21-14-6-4-5-12(17)15(14)18/h4-9,20H,10H2,1-3H3. The van der Waals surface area contributed by atoms with Crippen molar-refractivity contribution in [2.45, 2.75) is 32.9 Å². The van der Waals surface area contributed by atoms with Gasteiger partial charge in [0.25, 0.3) is 0 Å². The van der Waals surface area contributed by atoms with Crippen molar-refractivity contribution < 1.29 is 9.13 Å².